The van der Waals surface area contributed by atoms with Crippen molar-refractivity contribution in [1.82, 2.24) is 4.90 Å². The van der Waals surface area contributed by atoms with Gasteiger partial charge in [0.1, 0.15) is 5.82 Å². The van der Waals surface area contributed by atoms with Gasteiger partial charge in [0.2, 0.25) is 0 Å². The number of amides is 1. The largest absolute Gasteiger partial charge is 0.339 e. The third kappa shape index (κ3) is 3.38. The first kappa shape index (κ1) is 15.2. The van der Waals surface area contributed by atoms with Crippen molar-refractivity contribution in [3.63, 3.8) is 0 Å². The van der Waals surface area contributed by atoms with Crippen LogP contribution in [-0.4, -0.2) is 23.9 Å². The zero-order valence-corrected chi connectivity index (χ0v) is 13.7. The van der Waals surface area contributed by atoms with Crippen LogP contribution in [0.15, 0.2) is 53.0 Å². The molecule has 3 rings (SSSR count). The van der Waals surface area contributed by atoms with Gasteiger partial charge in [0.25, 0.3) is 5.91 Å². The summed E-state index contributed by atoms with van der Waals surface area (Å²) >= 11 is 3.23. The number of carbonyl (C=O) groups excluding carboxylic acids is 1. The number of hydrogen-bond acceptors (Lipinski definition) is 1. The van der Waals surface area contributed by atoms with Crippen molar-refractivity contribution in [2.24, 2.45) is 0 Å². The van der Waals surface area contributed by atoms with Crippen molar-refractivity contribution >= 4 is 21.8 Å². The van der Waals surface area contributed by atoms with Gasteiger partial charge in [0.05, 0.1) is 0 Å². The summed E-state index contributed by atoms with van der Waals surface area (Å²) in [5, 5.41) is 0. The lowest BCUT2D eigenvalue weighted by Gasteiger charge is -2.32. The molecule has 1 saturated heterocycles. The number of benzene rings is 2. The molecule has 1 heterocycles. The van der Waals surface area contributed by atoms with Gasteiger partial charge >= 0.3 is 0 Å². The van der Waals surface area contributed by atoms with Gasteiger partial charge in [-0.15, -0.1) is 0 Å². The topological polar surface area (TPSA) is 20.3 Å². The molecule has 4 heteroatoms. The first-order chi connectivity index (χ1) is 10.6. The normalized spacial score (nSPS) is 15.8. The molecule has 0 bridgehead atoms. The maximum atomic E-state index is 13.4. The molecule has 0 aliphatic carbocycles. The molecular weight excluding hydrogens is 345 g/mol. The predicted molar refractivity (Wildman–Crippen MR) is 88.4 cm³/mol. The summed E-state index contributed by atoms with van der Waals surface area (Å²) in [7, 11) is 0. The highest BCUT2D eigenvalue weighted by atomic mass is 79.9. The van der Waals surface area contributed by atoms with E-state index in [1.54, 1.807) is 6.07 Å². The SMILES string of the molecule is O=C(c1cc(F)cc(Br)c1)N1CCC(c2ccccc2)CC1. The lowest BCUT2D eigenvalue weighted by Crippen LogP contribution is -2.38. The van der Waals surface area contributed by atoms with Crippen LogP contribution in [0.5, 0.6) is 0 Å². The molecule has 1 aliphatic rings. The summed E-state index contributed by atoms with van der Waals surface area (Å²) in [6.07, 6.45) is 1.90. The van der Waals surface area contributed by atoms with E-state index >= 15 is 0 Å². The van der Waals surface area contributed by atoms with Crippen molar-refractivity contribution in [1.29, 1.82) is 0 Å². The van der Waals surface area contributed by atoms with Crippen molar-refractivity contribution in [2.75, 3.05) is 13.1 Å². The lowest BCUT2D eigenvalue weighted by atomic mass is 9.89. The average molecular weight is 362 g/mol. The quantitative estimate of drug-likeness (QED) is 0.764. The number of hydrogen-bond donors (Lipinski definition) is 0. The first-order valence-electron chi connectivity index (χ1n) is 7.44. The van der Waals surface area contributed by atoms with Crippen LogP contribution in [0.2, 0.25) is 0 Å². The predicted octanol–water partition coefficient (Wildman–Crippen LogP) is 4.61. The lowest BCUT2D eigenvalue weighted by molar-refractivity contribution is 0.0712. The Kier molecular flexibility index (Phi) is 4.57. The van der Waals surface area contributed by atoms with Crippen molar-refractivity contribution in [3.8, 4) is 0 Å². The second kappa shape index (κ2) is 6.61. The van der Waals surface area contributed by atoms with Crippen molar-refractivity contribution in [3.05, 3.63) is 69.9 Å². The maximum Gasteiger partial charge on any atom is 0.253 e. The molecule has 0 radical (unpaired) electrons. The molecule has 2 aromatic carbocycles. The summed E-state index contributed by atoms with van der Waals surface area (Å²) in [4.78, 5) is 14.3. The van der Waals surface area contributed by atoms with E-state index in [0.717, 1.165) is 12.8 Å². The van der Waals surface area contributed by atoms with E-state index in [-0.39, 0.29) is 5.91 Å². The van der Waals surface area contributed by atoms with Crippen LogP contribution in [-0.2, 0) is 0 Å². The van der Waals surface area contributed by atoms with E-state index in [0.29, 0.717) is 29.0 Å². The molecule has 0 aromatic heterocycles. The average Bonchev–Trinajstić information content (AvgIpc) is 2.54. The number of halogens is 2. The Morgan fingerprint density at radius 1 is 1.09 bits per heavy atom. The van der Waals surface area contributed by atoms with Crippen LogP contribution in [0.4, 0.5) is 4.39 Å². The maximum absolute atomic E-state index is 13.4. The standard InChI is InChI=1S/C18H17BrFNO/c19-16-10-15(11-17(20)12-16)18(22)21-8-6-14(7-9-21)13-4-2-1-3-5-13/h1-5,10-12,14H,6-9H2. The van der Waals surface area contributed by atoms with Crippen LogP contribution >= 0.6 is 15.9 Å². The Morgan fingerprint density at radius 2 is 1.77 bits per heavy atom. The molecule has 0 unspecified atom stereocenters. The van der Waals surface area contributed by atoms with Gasteiger partial charge in [-0.3, -0.25) is 4.79 Å². The van der Waals surface area contributed by atoms with Gasteiger partial charge in [-0.25, -0.2) is 4.39 Å². The van der Waals surface area contributed by atoms with Gasteiger partial charge in [-0.1, -0.05) is 46.3 Å². The number of piperidine rings is 1. The fourth-order valence-corrected chi connectivity index (χ4v) is 3.47. The van der Waals surface area contributed by atoms with Gasteiger partial charge in [0, 0.05) is 23.1 Å². The van der Waals surface area contributed by atoms with Gasteiger partial charge in [0.15, 0.2) is 0 Å². The molecule has 1 amide bonds. The molecular formula is C18H17BrFNO. The van der Waals surface area contributed by atoms with Crippen molar-refractivity contribution < 1.29 is 9.18 Å². The summed E-state index contributed by atoms with van der Waals surface area (Å²) < 4.78 is 14.0. The molecule has 2 aromatic rings. The van der Waals surface area contributed by atoms with Crippen LogP contribution < -0.4 is 0 Å². The van der Waals surface area contributed by atoms with Gasteiger partial charge < -0.3 is 4.90 Å². The zero-order valence-electron chi connectivity index (χ0n) is 12.1. The molecule has 0 N–H and O–H groups in total. The molecule has 0 atom stereocenters. The third-order valence-corrected chi connectivity index (χ3v) is 4.62. The van der Waals surface area contributed by atoms with Gasteiger partial charge in [-0.2, -0.15) is 0 Å². The molecule has 1 fully saturated rings. The number of nitrogens with zero attached hydrogens (tertiary/aromatic N) is 1. The Hall–Kier alpha value is -1.68. The highest BCUT2D eigenvalue weighted by molar-refractivity contribution is 9.10. The first-order valence-corrected chi connectivity index (χ1v) is 8.23. The molecule has 0 spiro atoms. The van der Waals surface area contributed by atoms with Gasteiger partial charge in [-0.05, 0) is 42.5 Å². The third-order valence-electron chi connectivity index (χ3n) is 4.16. The van der Waals surface area contributed by atoms with Crippen LogP contribution in [0.25, 0.3) is 0 Å². The molecule has 1 aliphatic heterocycles. The zero-order chi connectivity index (χ0) is 15.5. The van der Waals surface area contributed by atoms with E-state index in [1.165, 1.54) is 17.7 Å². The summed E-state index contributed by atoms with van der Waals surface area (Å²) in [5.74, 6) is 0.0214. The number of likely N-dealkylation sites (tertiary alicyclic amines) is 1. The Labute approximate surface area is 138 Å². The van der Waals surface area contributed by atoms with E-state index < -0.39 is 5.82 Å². The second-order valence-corrected chi connectivity index (χ2v) is 6.55. The van der Waals surface area contributed by atoms with E-state index in [1.807, 2.05) is 11.0 Å². The molecule has 0 saturated carbocycles. The van der Waals surface area contributed by atoms with Crippen LogP contribution in [0.3, 0.4) is 0 Å². The number of carbonyl (C=O) groups is 1. The minimum Gasteiger partial charge on any atom is -0.339 e. The Morgan fingerprint density at radius 3 is 2.41 bits per heavy atom. The van der Waals surface area contributed by atoms with Crippen LogP contribution in [0, 0.1) is 5.82 Å². The minimum absolute atomic E-state index is 0.0910. The Bertz CT molecular complexity index is 646. The minimum atomic E-state index is -0.392. The smallest absolute Gasteiger partial charge is 0.253 e. The summed E-state index contributed by atoms with van der Waals surface area (Å²) in [5.41, 5.74) is 1.74. The van der Waals surface area contributed by atoms with E-state index in [4.69, 9.17) is 0 Å². The Balaban J connectivity index is 1.67. The highest BCUT2D eigenvalue weighted by Gasteiger charge is 2.24. The second-order valence-electron chi connectivity index (χ2n) is 5.64. The van der Waals surface area contributed by atoms with Crippen molar-refractivity contribution in [2.45, 2.75) is 18.8 Å². The van der Waals surface area contributed by atoms with E-state index in [9.17, 15) is 9.18 Å². The molecule has 2 nitrogen and oxygen atoms in total. The van der Waals surface area contributed by atoms with Crippen LogP contribution in [0.1, 0.15) is 34.7 Å². The molecule has 22 heavy (non-hydrogen) atoms. The van der Waals surface area contributed by atoms with E-state index in [2.05, 4.69) is 40.2 Å². The fourth-order valence-electron chi connectivity index (χ4n) is 3.00. The highest BCUT2D eigenvalue weighted by Crippen LogP contribution is 2.28. The summed E-state index contributed by atoms with van der Waals surface area (Å²) in [6.45, 7) is 1.43. The number of rotatable bonds is 2. The monoisotopic (exact) mass is 361 g/mol. The summed E-state index contributed by atoms with van der Waals surface area (Å²) in [6, 6.07) is 14.7. The fraction of sp³-hybridized carbons (Fsp3) is 0.278. The molecule has 114 valence electrons.